The van der Waals surface area contributed by atoms with E-state index in [1.807, 2.05) is 17.9 Å². The average molecular weight is 357 g/mol. The molecule has 1 aromatic carbocycles. The molecular formula is C18H23N5OS. The number of piperazine rings is 1. The van der Waals surface area contributed by atoms with Crippen molar-refractivity contribution in [3.63, 3.8) is 0 Å². The molecular weight excluding hydrogens is 334 g/mol. The van der Waals surface area contributed by atoms with Crippen LogP contribution in [-0.2, 0) is 4.79 Å². The number of benzene rings is 1. The fourth-order valence-electron chi connectivity index (χ4n) is 3.21. The molecule has 1 amide bonds. The summed E-state index contributed by atoms with van der Waals surface area (Å²) in [6.45, 7) is 5.28. The molecule has 2 fully saturated rings. The number of hydrogen-bond acceptors (Lipinski definition) is 5. The zero-order valence-corrected chi connectivity index (χ0v) is 15.2. The van der Waals surface area contributed by atoms with Crippen LogP contribution in [0.3, 0.4) is 0 Å². The van der Waals surface area contributed by atoms with Crippen LogP contribution < -0.4 is 4.90 Å². The van der Waals surface area contributed by atoms with E-state index in [1.165, 1.54) is 30.3 Å². The van der Waals surface area contributed by atoms with Gasteiger partial charge in [0.05, 0.1) is 5.25 Å². The van der Waals surface area contributed by atoms with E-state index in [-0.39, 0.29) is 11.2 Å². The molecule has 1 unspecified atom stereocenters. The molecule has 2 heterocycles. The van der Waals surface area contributed by atoms with Gasteiger partial charge in [-0.1, -0.05) is 30.0 Å². The van der Waals surface area contributed by atoms with Gasteiger partial charge in [-0.05, 0) is 31.9 Å². The summed E-state index contributed by atoms with van der Waals surface area (Å²) in [5.41, 5.74) is 1.23. The minimum absolute atomic E-state index is 0.134. The molecule has 0 radical (unpaired) electrons. The fraction of sp³-hybridized carbons (Fsp3) is 0.500. The molecule has 1 aliphatic heterocycles. The molecule has 7 heteroatoms. The van der Waals surface area contributed by atoms with E-state index in [0.717, 1.165) is 31.3 Å². The lowest BCUT2D eigenvalue weighted by atomic mass is 10.2. The average Bonchev–Trinajstić information content (AvgIpc) is 3.41. The Morgan fingerprint density at radius 1 is 1.16 bits per heavy atom. The summed E-state index contributed by atoms with van der Waals surface area (Å²) >= 11 is 1.53. The van der Waals surface area contributed by atoms with E-state index >= 15 is 0 Å². The van der Waals surface area contributed by atoms with E-state index in [9.17, 15) is 4.79 Å². The van der Waals surface area contributed by atoms with Crippen LogP contribution in [0.25, 0.3) is 0 Å². The largest absolute Gasteiger partial charge is 0.368 e. The van der Waals surface area contributed by atoms with Gasteiger partial charge >= 0.3 is 0 Å². The van der Waals surface area contributed by atoms with Gasteiger partial charge < -0.3 is 14.4 Å². The lowest BCUT2D eigenvalue weighted by molar-refractivity contribution is -0.130. The van der Waals surface area contributed by atoms with Crippen LogP contribution in [0.15, 0.2) is 41.8 Å². The Morgan fingerprint density at radius 2 is 1.88 bits per heavy atom. The van der Waals surface area contributed by atoms with Crippen molar-refractivity contribution < 1.29 is 4.79 Å². The third kappa shape index (κ3) is 3.66. The number of anilines is 1. The molecule has 0 N–H and O–H groups in total. The summed E-state index contributed by atoms with van der Waals surface area (Å²) in [6.07, 6.45) is 4.17. The van der Waals surface area contributed by atoms with Gasteiger partial charge in [0.25, 0.3) is 0 Å². The predicted molar refractivity (Wildman–Crippen MR) is 98.8 cm³/mol. The Labute approximate surface area is 152 Å². The highest BCUT2D eigenvalue weighted by molar-refractivity contribution is 8.00. The molecule has 0 spiro atoms. The van der Waals surface area contributed by atoms with Crippen molar-refractivity contribution in [3.05, 3.63) is 36.7 Å². The minimum atomic E-state index is -0.134. The van der Waals surface area contributed by atoms with Gasteiger partial charge in [0.2, 0.25) is 5.91 Å². The Kier molecular flexibility index (Phi) is 4.65. The number of thioether (sulfide) groups is 1. The van der Waals surface area contributed by atoms with E-state index in [0.29, 0.717) is 6.04 Å². The van der Waals surface area contributed by atoms with Gasteiger partial charge in [0.15, 0.2) is 5.16 Å². The number of carbonyl (C=O) groups is 1. The van der Waals surface area contributed by atoms with Crippen molar-refractivity contribution in [2.24, 2.45) is 0 Å². The molecule has 1 saturated carbocycles. The highest BCUT2D eigenvalue weighted by Crippen LogP contribution is 2.38. The second kappa shape index (κ2) is 7.07. The topological polar surface area (TPSA) is 54.3 Å². The SMILES string of the molecule is CC(Sc1nncn1C1CC1)C(=O)N1CCN(c2ccccc2)CC1. The Bertz CT molecular complexity index is 722. The number of aromatic nitrogens is 3. The van der Waals surface area contributed by atoms with Crippen LogP contribution in [0.5, 0.6) is 0 Å². The minimum Gasteiger partial charge on any atom is -0.368 e. The Morgan fingerprint density at radius 3 is 2.56 bits per heavy atom. The van der Waals surface area contributed by atoms with Crippen molar-refractivity contribution >= 4 is 23.4 Å². The maximum atomic E-state index is 12.8. The second-order valence-electron chi connectivity index (χ2n) is 6.66. The number of hydrogen-bond donors (Lipinski definition) is 0. The molecule has 2 aliphatic rings. The summed E-state index contributed by atoms with van der Waals surface area (Å²) in [5.74, 6) is 0.197. The van der Waals surface area contributed by atoms with Crippen molar-refractivity contribution in [2.75, 3.05) is 31.1 Å². The monoisotopic (exact) mass is 357 g/mol. The van der Waals surface area contributed by atoms with E-state index in [4.69, 9.17) is 0 Å². The molecule has 2 aromatic rings. The fourth-order valence-corrected chi connectivity index (χ4v) is 4.19. The first-order chi connectivity index (χ1) is 12.2. The summed E-state index contributed by atoms with van der Waals surface area (Å²) in [4.78, 5) is 17.1. The van der Waals surface area contributed by atoms with Gasteiger partial charge in [-0.25, -0.2) is 0 Å². The zero-order valence-electron chi connectivity index (χ0n) is 14.4. The van der Waals surface area contributed by atoms with E-state index < -0.39 is 0 Å². The first-order valence-corrected chi connectivity index (χ1v) is 9.75. The molecule has 1 aromatic heterocycles. The van der Waals surface area contributed by atoms with E-state index in [1.54, 1.807) is 6.33 Å². The first-order valence-electron chi connectivity index (χ1n) is 8.87. The standard InChI is InChI=1S/C18H23N5OS/c1-14(25-18-20-19-13-23(18)16-7-8-16)17(24)22-11-9-21(10-12-22)15-5-3-2-4-6-15/h2-6,13-14,16H,7-12H2,1H3. The van der Waals surface area contributed by atoms with Gasteiger partial charge in [-0.3, -0.25) is 4.79 Å². The third-order valence-corrected chi connectivity index (χ3v) is 5.88. The van der Waals surface area contributed by atoms with Crippen LogP contribution in [0.4, 0.5) is 5.69 Å². The van der Waals surface area contributed by atoms with Gasteiger partial charge in [-0.2, -0.15) is 0 Å². The number of carbonyl (C=O) groups excluding carboxylic acids is 1. The zero-order chi connectivity index (χ0) is 17.2. The van der Waals surface area contributed by atoms with Crippen LogP contribution >= 0.6 is 11.8 Å². The van der Waals surface area contributed by atoms with Crippen molar-refractivity contribution in [1.29, 1.82) is 0 Å². The summed E-state index contributed by atoms with van der Waals surface area (Å²) in [5, 5.41) is 8.94. The third-order valence-electron chi connectivity index (χ3n) is 4.82. The quantitative estimate of drug-likeness (QED) is 0.770. The van der Waals surface area contributed by atoms with Gasteiger partial charge in [0, 0.05) is 37.9 Å². The maximum absolute atomic E-state index is 12.8. The molecule has 6 nitrogen and oxygen atoms in total. The molecule has 25 heavy (non-hydrogen) atoms. The van der Waals surface area contributed by atoms with Gasteiger partial charge in [-0.15, -0.1) is 10.2 Å². The maximum Gasteiger partial charge on any atom is 0.236 e. The van der Waals surface area contributed by atoms with Crippen molar-refractivity contribution in [2.45, 2.75) is 36.2 Å². The molecule has 1 atom stereocenters. The number of para-hydroxylation sites is 1. The van der Waals surface area contributed by atoms with Crippen LogP contribution in [0, 0.1) is 0 Å². The summed E-state index contributed by atoms with van der Waals surface area (Å²) in [6, 6.07) is 10.9. The molecule has 0 bridgehead atoms. The second-order valence-corrected chi connectivity index (χ2v) is 7.97. The highest BCUT2D eigenvalue weighted by atomic mass is 32.2. The van der Waals surface area contributed by atoms with Crippen molar-refractivity contribution in [3.8, 4) is 0 Å². The van der Waals surface area contributed by atoms with Crippen LogP contribution in [0.2, 0.25) is 0 Å². The van der Waals surface area contributed by atoms with Gasteiger partial charge in [0.1, 0.15) is 6.33 Å². The smallest absolute Gasteiger partial charge is 0.236 e. The molecule has 4 rings (SSSR count). The summed E-state index contributed by atoms with van der Waals surface area (Å²) in [7, 11) is 0. The summed E-state index contributed by atoms with van der Waals surface area (Å²) < 4.78 is 2.11. The van der Waals surface area contributed by atoms with Crippen LogP contribution in [0.1, 0.15) is 25.8 Å². The Hall–Kier alpha value is -2.02. The van der Waals surface area contributed by atoms with Crippen molar-refractivity contribution in [1.82, 2.24) is 19.7 Å². The number of nitrogens with zero attached hydrogens (tertiary/aromatic N) is 5. The highest BCUT2D eigenvalue weighted by Gasteiger charge is 2.30. The normalized spacial score (nSPS) is 19.1. The lowest BCUT2D eigenvalue weighted by Gasteiger charge is -2.37. The first kappa shape index (κ1) is 16.4. The lowest BCUT2D eigenvalue weighted by Crippen LogP contribution is -2.50. The predicted octanol–water partition coefficient (Wildman–Crippen LogP) is 2.44. The number of rotatable bonds is 5. The Balaban J connectivity index is 1.33. The number of amides is 1. The molecule has 1 aliphatic carbocycles. The van der Waals surface area contributed by atoms with E-state index in [2.05, 4.69) is 43.9 Å². The molecule has 132 valence electrons. The van der Waals surface area contributed by atoms with Crippen LogP contribution in [-0.4, -0.2) is 57.0 Å². The molecule has 1 saturated heterocycles.